The molecule has 7 nitrogen and oxygen atoms in total. The first-order valence-corrected chi connectivity index (χ1v) is 11.4. The highest BCUT2D eigenvalue weighted by Gasteiger charge is 2.35. The zero-order valence-electron chi connectivity index (χ0n) is 20.1. The molecular formula is C27H25N3O4S. The highest BCUT2D eigenvalue weighted by Crippen LogP contribution is 2.28. The van der Waals surface area contributed by atoms with E-state index < -0.39 is 17.8 Å². The second kappa shape index (κ2) is 9.31. The number of nitrogens with zero attached hydrogens (tertiary/aromatic N) is 2. The molecule has 0 unspecified atom stereocenters. The van der Waals surface area contributed by atoms with Gasteiger partial charge >= 0.3 is 5.97 Å². The average Bonchev–Trinajstić information content (AvgIpc) is 3.10. The molecular weight excluding hydrogens is 462 g/mol. The van der Waals surface area contributed by atoms with Crippen LogP contribution in [-0.2, 0) is 14.3 Å². The monoisotopic (exact) mass is 487 g/mol. The van der Waals surface area contributed by atoms with Crippen molar-refractivity contribution < 1.29 is 19.1 Å². The normalized spacial score (nSPS) is 14.9. The van der Waals surface area contributed by atoms with Crippen molar-refractivity contribution in [2.45, 2.75) is 27.7 Å². The van der Waals surface area contributed by atoms with E-state index in [1.807, 2.05) is 68.7 Å². The predicted molar refractivity (Wildman–Crippen MR) is 139 cm³/mol. The first-order valence-electron chi connectivity index (χ1n) is 11.0. The lowest BCUT2D eigenvalue weighted by Crippen LogP contribution is -2.54. The van der Waals surface area contributed by atoms with E-state index in [0.29, 0.717) is 11.3 Å². The Hall–Kier alpha value is -4.04. The van der Waals surface area contributed by atoms with Gasteiger partial charge in [0.1, 0.15) is 5.57 Å². The van der Waals surface area contributed by atoms with E-state index in [2.05, 4.69) is 5.32 Å². The molecule has 3 aromatic rings. The van der Waals surface area contributed by atoms with Crippen molar-refractivity contribution in [3.05, 3.63) is 87.7 Å². The Morgan fingerprint density at radius 3 is 2.31 bits per heavy atom. The highest BCUT2D eigenvalue weighted by atomic mass is 32.1. The summed E-state index contributed by atoms with van der Waals surface area (Å²) < 4.78 is 6.75. The standard InChI is InChI=1S/C27H25N3O4S/c1-15-6-11-23(16(2)12-15)30-25(32)22(24(31)28-27(30)35)14-20-13-17(3)29(18(20)4)21-9-7-19(8-10-21)26(33)34-5/h6-14H,1-5H3,(H,28,31,35)/b22-14+. The van der Waals surface area contributed by atoms with Crippen LogP contribution in [0.15, 0.2) is 54.1 Å². The predicted octanol–water partition coefficient (Wildman–Crippen LogP) is 4.33. The van der Waals surface area contributed by atoms with E-state index in [4.69, 9.17) is 17.0 Å². The highest BCUT2D eigenvalue weighted by molar-refractivity contribution is 7.80. The van der Waals surface area contributed by atoms with Crippen molar-refractivity contribution >= 4 is 46.9 Å². The van der Waals surface area contributed by atoms with Gasteiger partial charge in [0.15, 0.2) is 5.11 Å². The van der Waals surface area contributed by atoms with Crippen molar-refractivity contribution in [3.63, 3.8) is 0 Å². The van der Waals surface area contributed by atoms with Gasteiger partial charge in [-0.25, -0.2) is 4.79 Å². The van der Waals surface area contributed by atoms with Crippen LogP contribution in [0.1, 0.15) is 38.4 Å². The SMILES string of the molecule is COC(=O)c1ccc(-n2c(C)cc(/C=C3\C(=O)NC(=S)N(c4ccc(C)cc4C)C3=O)c2C)cc1. The number of rotatable bonds is 4. The van der Waals surface area contributed by atoms with Gasteiger partial charge < -0.3 is 9.30 Å². The van der Waals surface area contributed by atoms with Gasteiger partial charge in [0.05, 0.1) is 18.4 Å². The first kappa shape index (κ1) is 24.1. The number of hydrogen-bond acceptors (Lipinski definition) is 5. The second-order valence-corrected chi connectivity index (χ2v) is 8.83. The molecule has 0 saturated carbocycles. The summed E-state index contributed by atoms with van der Waals surface area (Å²) in [6.45, 7) is 7.71. The van der Waals surface area contributed by atoms with Gasteiger partial charge in [-0.1, -0.05) is 17.7 Å². The number of amides is 2. The largest absolute Gasteiger partial charge is 0.465 e. The van der Waals surface area contributed by atoms with Crippen LogP contribution in [0, 0.1) is 27.7 Å². The third-order valence-electron chi connectivity index (χ3n) is 6.01. The number of benzene rings is 2. The van der Waals surface area contributed by atoms with Crippen LogP contribution in [-0.4, -0.2) is 34.6 Å². The molecule has 2 heterocycles. The summed E-state index contributed by atoms with van der Waals surface area (Å²) >= 11 is 5.33. The van der Waals surface area contributed by atoms with Crippen LogP contribution in [0.25, 0.3) is 11.8 Å². The third-order valence-corrected chi connectivity index (χ3v) is 6.30. The molecule has 4 rings (SSSR count). The maximum absolute atomic E-state index is 13.4. The molecule has 0 bridgehead atoms. The topological polar surface area (TPSA) is 80.6 Å². The molecule has 0 radical (unpaired) electrons. The third kappa shape index (κ3) is 4.40. The molecule has 1 aliphatic heterocycles. The van der Waals surface area contributed by atoms with Crippen molar-refractivity contribution in [2.24, 2.45) is 0 Å². The summed E-state index contributed by atoms with van der Waals surface area (Å²) in [7, 11) is 1.34. The van der Waals surface area contributed by atoms with Gasteiger partial charge in [-0.05, 0) is 93.5 Å². The summed E-state index contributed by atoms with van der Waals surface area (Å²) in [5.74, 6) is -1.41. The molecule has 1 saturated heterocycles. The number of nitrogens with one attached hydrogen (secondary N) is 1. The molecule has 1 aliphatic rings. The average molecular weight is 488 g/mol. The molecule has 35 heavy (non-hydrogen) atoms. The molecule has 2 amide bonds. The number of aryl methyl sites for hydroxylation is 3. The van der Waals surface area contributed by atoms with Crippen LogP contribution in [0.3, 0.4) is 0 Å². The second-order valence-electron chi connectivity index (χ2n) is 8.45. The number of anilines is 1. The van der Waals surface area contributed by atoms with Crippen LogP contribution in [0.2, 0.25) is 0 Å². The zero-order valence-corrected chi connectivity index (χ0v) is 20.9. The molecule has 1 aromatic heterocycles. The van der Waals surface area contributed by atoms with Crippen molar-refractivity contribution in [2.75, 3.05) is 12.0 Å². The summed E-state index contributed by atoms with van der Waals surface area (Å²) in [5, 5.41) is 2.70. The fourth-order valence-corrected chi connectivity index (χ4v) is 4.56. The Kier molecular flexibility index (Phi) is 6.41. The molecule has 2 aromatic carbocycles. The van der Waals surface area contributed by atoms with Crippen molar-refractivity contribution in [1.82, 2.24) is 9.88 Å². The van der Waals surface area contributed by atoms with Gasteiger partial charge in [-0.15, -0.1) is 0 Å². The maximum atomic E-state index is 13.4. The van der Waals surface area contributed by atoms with Crippen molar-refractivity contribution in [3.8, 4) is 5.69 Å². The lowest BCUT2D eigenvalue weighted by atomic mass is 10.0. The number of carbonyl (C=O) groups excluding carboxylic acids is 3. The van der Waals surface area contributed by atoms with Gasteiger partial charge in [-0.2, -0.15) is 0 Å². The lowest BCUT2D eigenvalue weighted by molar-refractivity contribution is -0.122. The molecule has 1 N–H and O–H groups in total. The van der Waals surface area contributed by atoms with Gasteiger partial charge in [0.25, 0.3) is 11.8 Å². The minimum absolute atomic E-state index is 0.000126. The smallest absolute Gasteiger partial charge is 0.337 e. The summed E-state index contributed by atoms with van der Waals surface area (Å²) in [5.41, 5.74) is 6.35. The van der Waals surface area contributed by atoms with Gasteiger partial charge in [-0.3, -0.25) is 19.8 Å². The van der Waals surface area contributed by atoms with E-state index >= 15 is 0 Å². The van der Waals surface area contributed by atoms with Crippen LogP contribution >= 0.6 is 12.2 Å². The van der Waals surface area contributed by atoms with E-state index in [1.165, 1.54) is 12.0 Å². The Bertz CT molecular complexity index is 1420. The fourth-order valence-electron chi connectivity index (χ4n) is 4.28. The molecule has 0 aliphatic carbocycles. The number of esters is 1. The molecule has 178 valence electrons. The Labute approximate surface area is 209 Å². The zero-order chi connectivity index (χ0) is 25.4. The number of ether oxygens (including phenoxy) is 1. The fraction of sp³-hybridized carbons (Fsp3) is 0.185. The van der Waals surface area contributed by atoms with Gasteiger partial charge in [0.2, 0.25) is 0 Å². The Balaban J connectivity index is 1.73. The maximum Gasteiger partial charge on any atom is 0.337 e. The molecule has 8 heteroatoms. The number of carbonyl (C=O) groups is 3. The Morgan fingerprint density at radius 1 is 1.00 bits per heavy atom. The van der Waals surface area contributed by atoms with Crippen LogP contribution in [0.4, 0.5) is 5.69 Å². The van der Waals surface area contributed by atoms with E-state index in [0.717, 1.165) is 33.8 Å². The molecule has 0 spiro atoms. The quantitative estimate of drug-likeness (QED) is 0.256. The number of thiocarbonyl (C=S) groups is 1. The number of hydrogen-bond donors (Lipinski definition) is 1. The minimum Gasteiger partial charge on any atom is -0.465 e. The van der Waals surface area contributed by atoms with E-state index in [1.54, 1.807) is 18.2 Å². The first-order chi connectivity index (χ1) is 16.6. The molecule has 1 fully saturated rings. The molecule has 0 atom stereocenters. The van der Waals surface area contributed by atoms with Crippen LogP contribution < -0.4 is 10.2 Å². The number of methoxy groups -OCH3 is 1. The Morgan fingerprint density at radius 2 is 1.69 bits per heavy atom. The lowest BCUT2D eigenvalue weighted by Gasteiger charge is -2.30. The minimum atomic E-state index is -0.534. The van der Waals surface area contributed by atoms with E-state index in [9.17, 15) is 14.4 Å². The van der Waals surface area contributed by atoms with Crippen LogP contribution in [0.5, 0.6) is 0 Å². The summed E-state index contributed by atoms with van der Waals surface area (Å²) in [4.78, 5) is 39.3. The van der Waals surface area contributed by atoms with Crippen molar-refractivity contribution in [1.29, 1.82) is 0 Å². The summed E-state index contributed by atoms with van der Waals surface area (Å²) in [6, 6.07) is 14.6. The summed E-state index contributed by atoms with van der Waals surface area (Å²) in [6.07, 6.45) is 1.59. The van der Waals surface area contributed by atoms with E-state index in [-0.39, 0.29) is 10.7 Å². The van der Waals surface area contributed by atoms with Gasteiger partial charge in [0, 0.05) is 17.1 Å². The number of aromatic nitrogens is 1.